The average molecular weight is 339 g/mol. The summed E-state index contributed by atoms with van der Waals surface area (Å²) in [6.07, 6.45) is 0.756. The maximum atomic E-state index is 12.2. The number of hydrogen-bond acceptors (Lipinski definition) is 2. The van der Waals surface area contributed by atoms with Crippen molar-refractivity contribution in [2.75, 3.05) is 6.54 Å². The molecule has 25 heavy (non-hydrogen) atoms. The van der Waals surface area contributed by atoms with Crippen molar-refractivity contribution in [1.82, 2.24) is 5.32 Å². The van der Waals surface area contributed by atoms with Crippen molar-refractivity contribution < 1.29 is 14.7 Å². The third kappa shape index (κ3) is 5.75. The molecular formula is C21H25NO3. The SMILES string of the molecule is Cc1ccccc1C(C)CC(=O)NCC(Cc1ccccc1)C(=O)O. The van der Waals surface area contributed by atoms with Gasteiger partial charge in [-0.2, -0.15) is 0 Å². The summed E-state index contributed by atoms with van der Waals surface area (Å²) in [4.78, 5) is 23.7. The van der Waals surface area contributed by atoms with E-state index in [2.05, 4.69) is 5.32 Å². The number of amides is 1. The highest BCUT2D eigenvalue weighted by molar-refractivity contribution is 5.78. The summed E-state index contributed by atoms with van der Waals surface area (Å²) in [5.41, 5.74) is 3.27. The van der Waals surface area contributed by atoms with Crippen LogP contribution in [0.2, 0.25) is 0 Å². The van der Waals surface area contributed by atoms with Crippen molar-refractivity contribution in [2.45, 2.75) is 32.6 Å². The van der Waals surface area contributed by atoms with Gasteiger partial charge in [-0.05, 0) is 36.0 Å². The predicted molar refractivity (Wildman–Crippen MR) is 98.5 cm³/mol. The normalized spacial score (nSPS) is 13.0. The summed E-state index contributed by atoms with van der Waals surface area (Å²) in [5, 5.41) is 12.2. The van der Waals surface area contributed by atoms with Crippen LogP contribution in [0.3, 0.4) is 0 Å². The number of aryl methyl sites for hydroxylation is 1. The smallest absolute Gasteiger partial charge is 0.308 e. The van der Waals surface area contributed by atoms with Crippen LogP contribution in [0.25, 0.3) is 0 Å². The number of nitrogens with one attached hydrogen (secondary N) is 1. The third-order valence-electron chi connectivity index (χ3n) is 4.43. The quantitative estimate of drug-likeness (QED) is 0.773. The fourth-order valence-electron chi connectivity index (χ4n) is 2.98. The lowest BCUT2D eigenvalue weighted by molar-refractivity contribution is -0.141. The maximum Gasteiger partial charge on any atom is 0.308 e. The Hall–Kier alpha value is -2.62. The molecule has 0 spiro atoms. The molecule has 4 heteroatoms. The fourth-order valence-corrected chi connectivity index (χ4v) is 2.98. The number of carboxylic acids is 1. The van der Waals surface area contributed by atoms with Crippen molar-refractivity contribution in [3.05, 3.63) is 71.3 Å². The van der Waals surface area contributed by atoms with E-state index in [0.29, 0.717) is 12.8 Å². The number of carbonyl (C=O) groups is 2. The van der Waals surface area contributed by atoms with Crippen LogP contribution in [0, 0.1) is 12.8 Å². The van der Waals surface area contributed by atoms with Crippen molar-refractivity contribution in [1.29, 1.82) is 0 Å². The highest BCUT2D eigenvalue weighted by atomic mass is 16.4. The van der Waals surface area contributed by atoms with Crippen LogP contribution in [-0.2, 0) is 16.0 Å². The molecule has 2 atom stereocenters. The van der Waals surface area contributed by atoms with Gasteiger partial charge in [-0.3, -0.25) is 9.59 Å². The Morgan fingerprint density at radius 1 is 1.04 bits per heavy atom. The van der Waals surface area contributed by atoms with Gasteiger partial charge >= 0.3 is 5.97 Å². The molecule has 0 saturated heterocycles. The highest BCUT2D eigenvalue weighted by Crippen LogP contribution is 2.22. The molecule has 1 amide bonds. The number of benzene rings is 2. The first kappa shape index (κ1) is 18.7. The van der Waals surface area contributed by atoms with Gasteiger partial charge in [-0.1, -0.05) is 61.5 Å². The summed E-state index contributed by atoms with van der Waals surface area (Å²) < 4.78 is 0. The maximum absolute atomic E-state index is 12.2. The third-order valence-corrected chi connectivity index (χ3v) is 4.43. The van der Waals surface area contributed by atoms with Crippen LogP contribution in [0.4, 0.5) is 0 Å². The van der Waals surface area contributed by atoms with Gasteiger partial charge in [0.05, 0.1) is 5.92 Å². The summed E-state index contributed by atoms with van der Waals surface area (Å²) in [7, 11) is 0. The van der Waals surface area contributed by atoms with Gasteiger partial charge in [0.15, 0.2) is 0 Å². The molecule has 2 aromatic rings. The molecule has 0 radical (unpaired) electrons. The van der Waals surface area contributed by atoms with Crippen LogP contribution < -0.4 is 5.32 Å². The van der Waals surface area contributed by atoms with Gasteiger partial charge in [-0.15, -0.1) is 0 Å². The lowest BCUT2D eigenvalue weighted by atomic mass is 9.93. The molecule has 0 aliphatic rings. The van der Waals surface area contributed by atoms with Crippen molar-refractivity contribution in [2.24, 2.45) is 5.92 Å². The summed E-state index contributed by atoms with van der Waals surface area (Å²) in [6.45, 7) is 4.19. The Labute approximate surface area is 148 Å². The topological polar surface area (TPSA) is 66.4 Å². The zero-order valence-corrected chi connectivity index (χ0v) is 14.7. The molecule has 132 valence electrons. The van der Waals surface area contributed by atoms with Gasteiger partial charge in [0, 0.05) is 13.0 Å². The second-order valence-electron chi connectivity index (χ2n) is 6.49. The minimum atomic E-state index is -0.892. The Kier molecular flexibility index (Phi) is 6.75. The van der Waals surface area contributed by atoms with Gasteiger partial charge in [-0.25, -0.2) is 0 Å². The lowest BCUT2D eigenvalue weighted by Gasteiger charge is -2.17. The Morgan fingerprint density at radius 2 is 1.68 bits per heavy atom. The second kappa shape index (κ2) is 9.02. The van der Waals surface area contributed by atoms with Crippen LogP contribution in [0.1, 0.15) is 36.0 Å². The lowest BCUT2D eigenvalue weighted by Crippen LogP contribution is -2.34. The Morgan fingerprint density at radius 3 is 2.32 bits per heavy atom. The molecule has 0 aliphatic carbocycles. The standard InChI is InChI=1S/C21H25NO3/c1-15-8-6-7-11-19(15)16(2)12-20(23)22-14-18(21(24)25)13-17-9-4-3-5-10-17/h3-11,16,18H,12-14H2,1-2H3,(H,22,23)(H,24,25). The first-order valence-electron chi connectivity index (χ1n) is 8.56. The Balaban J connectivity index is 1.88. The van der Waals surface area contributed by atoms with Crippen LogP contribution >= 0.6 is 0 Å². The number of hydrogen-bond donors (Lipinski definition) is 2. The number of carboxylic acid groups (broad SMARTS) is 1. The molecule has 0 fully saturated rings. The molecule has 2 unspecified atom stereocenters. The van der Waals surface area contributed by atoms with E-state index >= 15 is 0 Å². The van der Waals surface area contributed by atoms with E-state index in [4.69, 9.17) is 0 Å². The molecule has 0 saturated carbocycles. The number of aliphatic carboxylic acids is 1. The molecule has 0 bridgehead atoms. The molecule has 4 nitrogen and oxygen atoms in total. The molecule has 2 aromatic carbocycles. The first-order chi connectivity index (χ1) is 12.0. The van der Waals surface area contributed by atoms with Crippen molar-refractivity contribution in [3.63, 3.8) is 0 Å². The summed E-state index contributed by atoms with van der Waals surface area (Å²) in [6, 6.07) is 17.5. The highest BCUT2D eigenvalue weighted by Gasteiger charge is 2.20. The molecule has 0 aliphatic heterocycles. The second-order valence-corrected chi connectivity index (χ2v) is 6.49. The summed E-state index contributed by atoms with van der Waals surface area (Å²) >= 11 is 0. The van der Waals surface area contributed by atoms with E-state index in [9.17, 15) is 14.7 Å². The van der Waals surface area contributed by atoms with E-state index in [-0.39, 0.29) is 18.4 Å². The molecular weight excluding hydrogens is 314 g/mol. The first-order valence-corrected chi connectivity index (χ1v) is 8.56. The predicted octanol–water partition coefficient (Wildman–Crippen LogP) is 3.55. The van der Waals surface area contributed by atoms with Gasteiger partial charge < -0.3 is 10.4 Å². The van der Waals surface area contributed by atoms with Crippen LogP contribution in [-0.4, -0.2) is 23.5 Å². The van der Waals surface area contributed by atoms with E-state index in [0.717, 1.165) is 16.7 Å². The summed E-state index contributed by atoms with van der Waals surface area (Å²) in [5.74, 6) is -1.54. The van der Waals surface area contributed by atoms with E-state index in [1.54, 1.807) is 0 Å². The Bertz CT molecular complexity index is 712. The van der Waals surface area contributed by atoms with E-state index in [1.165, 1.54) is 0 Å². The average Bonchev–Trinajstić information content (AvgIpc) is 2.59. The largest absolute Gasteiger partial charge is 0.481 e. The van der Waals surface area contributed by atoms with Crippen LogP contribution in [0.15, 0.2) is 54.6 Å². The minimum Gasteiger partial charge on any atom is -0.481 e. The van der Waals surface area contributed by atoms with Crippen LogP contribution in [0.5, 0.6) is 0 Å². The molecule has 0 heterocycles. The van der Waals surface area contributed by atoms with Gasteiger partial charge in [0.2, 0.25) is 5.91 Å². The van der Waals surface area contributed by atoms with E-state index < -0.39 is 11.9 Å². The zero-order chi connectivity index (χ0) is 18.2. The number of rotatable bonds is 8. The minimum absolute atomic E-state index is 0.0959. The monoisotopic (exact) mass is 339 g/mol. The zero-order valence-electron chi connectivity index (χ0n) is 14.7. The van der Waals surface area contributed by atoms with Crippen molar-refractivity contribution in [3.8, 4) is 0 Å². The van der Waals surface area contributed by atoms with Gasteiger partial charge in [0.25, 0.3) is 0 Å². The molecule has 0 aromatic heterocycles. The fraction of sp³-hybridized carbons (Fsp3) is 0.333. The van der Waals surface area contributed by atoms with Gasteiger partial charge in [0.1, 0.15) is 0 Å². The molecule has 2 N–H and O–H groups in total. The number of carbonyl (C=O) groups excluding carboxylic acids is 1. The van der Waals surface area contributed by atoms with E-state index in [1.807, 2.05) is 68.4 Å². The van der Waals surface area contributed by atoms with Crippen molar-refractivity contribution >= 4 is 11.9 Å². The molecule has 2 rings (SSSR count).